The van der Waals surface area contributed by atoms with Crippen molar-refractivity contribution in [2.45, 2.75) is 12.2 Å². The molecule has 19 heavy (non-hydrogen) atoms. The Bertz CT molecular complexity index is 542. The normalized spacial score (nSPS) is 12.9. The first-order chi connectivity index (χ1) is 8.38. The van der Waals surface area contributed by atoms with Gasteiger partial charge < -0.3 is 5.73 Å². The minimum absolute atomic E-state index is 0. The molecule has 0 radical (unpaired) electrons. The van der Waals surface area contributed by atoms with Crippen molar-refractivity contribution in [2.75, 3.05) is 0 Å². The van der Waals surface area contributed by atoms with Crippen LogP contribution in [0.15, 0.2) is 40.2 Å². The number of rotatable bonds is 2. The molecule has 0 aliphatic carbocycles. The van der Waals surface area contributed by atoms with Crippen molar-refractivity contribution in [3.05, 3.63) is 56.2 Å². The second-order valence-corrected chi connectivity index (χ2v) is 5.66. The smallest absolute Gasteiger partial charge is 0.320 e. The van der Waals surface area contributed by atoms with E-state index in [-0.39, 0.29) is 12.4 Å². The average molecular weight is 373 g/mol. The van der Waals surface area contributed by atoms with Gasteiger partial charge in [0.05, 0.1) is 11.6 Å². The lowest BCUT2D eigenvalue weighted by molar-refractivity contribution is -0.137. The van der Waals surface area contributed by atoms with E-state index in [1.54, 1.807) is 6.07 Å². The number of halogens is 5. The zero-order chi connectivity index (χ0) is 13.3. The number of nitrogens with two attached hydrogens (primary N) is 1. The van der Waals surface area contributed by atoms with Gasteiger partial charge in [-0.15, -0.1) is 23.7 Å². The molecule has 7 heteroatoms. The molecule has 0 spiro atoms. The van der Waals surface area contributed by atoms with Crippen LogP contribution in [-0.4, -0.2) is 0 Å². The van der Waals surface area contributed by atoms with Crippen LogP contribution in [0.2, 0.25) is 0 Å². The van der Waals surface area contributed by atoms with E-state index in [1.165, 1.54) is 11.3 Å². The number of benzene rings is 1. The van der Waals surface area contributed by atoms with E-state index in [2.05, 4.69) is 15.9 Å². The van der Waals surface area contributed by atoms with E-state index >= 15 is 0 Å². The van der Waals surface area contributed by atoms with Crippen LogP contribution >= 0.6 is 39.7 Å². The molecule has 2 aromatic rings. The fraction of sp³-hybridized carbons (Fsp3) is 0.167. The Hall–Kier alpha value is -0.560. The van der Waals surface area contributed by atoms with Gasteiger partial charge in [0.1, 0.15) is 0 Å². The molecule has 0 saturated carbocycles. The molecule has 2 N–H and O–H groups in total. The third-order valence-corrected chi connectivity index (χ3v) is 3.87. The highest BCUT2D eigenvalue weighted by atomic mass is 79.9. The highest BCUT2D eigenvalue weighted by Gasteiger charge is 2.31. The summed E-state index contributed by atoms with van der Waals surface area (Å²) in [6.45, 7) is 0. The summed E-state index contributed by atoms with van der Waals surface area (Å²) in [6, 6.07) is 6.84. The minimum atomic E-state index is -4.37. The molecular weight excluding hydrogens is 363 g/mol. The molecule has 2 rings (SSSR count). The summed E-state index contributed by atoms with van der Waals surface area (Å²) in [6.07, 6.45) is -4.37. The van der Waals surface area contributed by atoms with Crippen LogP contribution in [0, 0.1) is 0 Å². The van der Waals surface area contributed by atoms with E-state index in [0.29, 0.717) is 10.0 Å². The summed E-state index contributed by atoms with van der Waals surface area (Å²) in [4.78, 5) is 0.834. The monoisotopic (exact) mass is 371 g/mol. The lowest BCUT2D eigenvalue weighted by atomic mass is 10.0. The van der Waals surface area contributed by atoms with Crippen LogP contribution in [0.25, 0.3) is 0 Å². The highest BCUT2D eigenvalue weighted by Crippen LogP contribution is 2.34. The fourth-order valence-electron chi connectivity index (χ4n) is 1.59. The molecule has 1 heterocycles. The Balaban J connectivity index is 0.00000180. The lowest BCUT2D eigenvalue weighted by Crippen LogP contribution is -2.13. The van der Waals surface area contributed by atoms with Gasteiger partial charge >= 0.3 is 6.18 Å². The van der Waals surface area contributed by atoms with Gasteiger partial charge in [-0.05, 0) is 35.2 Å². The van der Waals surface area contributed by atoms with E-state index in [4.69, 9.17) is 5.73 Å². The first-order valence-electron chi connectivity index (χ1n) is 5.04. The molecular formula is C12H10BrClF3NS. The van der Waals surface area contributed by atoms with E-state index in [0.717, 1.165) is 17.0 Å². The van der Waals surface area contributed by atoms with Crippen LogP contribution in [0.5, 0.6) is 0 Å². The quantitative estimate of drug-likeness (QED) is 0.789. The summed E-state index contributed by atoms with van der Waals surface area (Å²) in [5, 5.41) is 1.85. The van der Waals surface area contributed by atoms with Crippen LogP contribution in [-0.2, 0) is 6.18 Å². The molecule has 0 aliphatic rings. The summed E-state index contributed by atoms with van der Waals surface area (Å²) in [5.41, 5.74) is 5.71. The van der Waals surface area contributed by atoms with E-state index < -0.39 is 17.8 Å². The van der Waals surface area contributed by atoms with Crippen LogP contribution < -0.4 is 5.73 Å². The average Bonchev–Trinajstić information content (AvgIpc) is 2.79. The van der Waals surface area contributed by atoms with Gasteiger partial charge in [-0.1, -0.05) is 22.0 Å². The van der Waals surface area contributed by atoms with Crippen molar-refractivity contribution in [3.8, 4) is 0 Å². The predicted octanol–water partition coefficient (Wildman–Crippen LogP) is 5.00. The van der Waals surface area contributed by atoms with Gasteiger partial charge in [-0.25, -0.2) is 0 Å². The molecule has 0 amide bonds. The Morgan fingerprint density at radius 3 is 2.42 bits per heavy atom. The van der Waals surface area contributed by atoms with Crippen molar-refractivity contribution in [1.29, 1.82) is 0 Å². The van der Waals surface area contributed by atoms with Gasteiger partial charge in [0.15, 0.2) is 0 Å². The summed E-state index contributed by atoms with van der Waals surface area (Å²) >= 11 is 4.51. The molecule has 104 valence electrons. The SMILES string of the molecule is Cl.N[C@H](c1cc(Br)cc(C(F)(F)F)c1)c1cccs1. The molecule has 1 aromatic heterocycles. The van der Waals surface area contributed by atoms with Gasteiger partial charge in [0.25, 0.3) is 0 Å². The maximum Gasteiger partial charge on any atom is 0.416 e. The van der Waals surface area contributed by atoms with Gasteiger partial charge in [-0.2, -0.15) is 13.2 Å². The maximum atomic E-state index is 12.7. The van der Waals surface area contributed by atoms with Crippen LogP contribution in [0.1, 0.15) is 22.0 Å². The Morgan fingerprint density at radius 2 is 1.89 bits per heavy atom. The molecule has 1 atom stereocenters. The number of hydrogen-bond acceptors (Lipinski definition) is 2. The Morgan fingerprint density at radius 1 is 1.21 bits per heavy atom. The van der Waals surface area contributed by atoms with Crippen molar-refractivity contribution in [1.82, 2.24) is 0 Å². The van der Waals surface area contributed by atoms with Crippen molar-refractivity contribution >= 4 is 39.7 Å². The van der Waals surface area contributed by atoms with Gasteiger partial charge in [-0.3, -0.25) is 0 Å². The Labute approximate surface area is 127 Å². The summed E-state index contributed by atoms with van der Waals surface area (Å²) < 4.78 is 38.5. The van der Waals surface area contributed by atoms with Crippen molar-refractivity contribution < 1.29 is 13.2 Å². The largest absolute Gasteiger partial charge is 0.416 e. The second kappa shape index (κ2) is 6.26. The molecule has 0 aliphatic heterocycles. The zero-order valence-corrected chi connectivity index (χ0v) is 12.7. The van der Waals surface area contributed by atoms with E-state index in [9.17, 15) is 13.2 Å². The maximum absolute atomic E-state index is 12.7. The Kier molecular flexibility index (Phi) is 5.43. The molecule has 0 bridgehead atoms. The van der Waals surface area contributed by atoms with Crippen molar-refractivity contribution in [2.24, 2.45) is 5.73 Å². The predicted molar refractivity (Wildman–Crippen MR) is 76.7 cm³/mol. The summed E-state index contributed by atoms with van der Waals surface area (Å²) in [5.74, 6) is 0. The third kappa shape index (κ3) is 3.95. The molecule has 0 saturated heterocycles. The molecule has 0 unspecified atom stereocenters. The lowest BCUT2D eigenvalue weighted by Gasteiger charge is -2.14. The fourth-order valence-corrected chi connectivity index (χ4v) is 2.85. The standard InChI is InChI=1S/C12H9BrF3NS.ClH/c13-9-5-7(4-8(6-9)12(14,15)16)11(17)10-2-1-3-18-10;/h1-6,11H,17H2;1H/t11-;/m1./s1. The second-order valence-electron chi connectivity index (χ2n) is 3.76. The van der Waals surface area contributed by atoms with Crippen molar-refractivity contribution in [3.63, 3.8) is 0 Å². The summed E-state index contributed by atoms with van der Waals surface area (Å²) in [7, 11) is 0. The van der Waals surface area contributed by atoms with Gasteiger partial charge in [0.2, 0.25) is 0 Å². The van der Waals surface area contributed by atoms with Gasteiger partial charge in [0, 0.05) is 9.35 Å². The molecule has 1 aromatic carbocycles. The number of hydrogen-bond donors (Lipinski definition) is 1. The molecule has 1 nitrogen and oxygen atoms in total. The number of alkyl halides is 3. The first kappa shape index (κ1) is 16.5. The zero-order valence-electron chi connectivity index (χ0n) is 9.45. The third-order valence-electron chi connectivity index (χ3n) is 2.46. The minimum Gasteiger partial charge on any atom is -0.320 e. The molecule has 0 fully saturated rings. The first-order valence-corrected chi connectivity index (χ1v) is 6.72. The topological polar surface area (TPSA) is 26.0 Å². The highest BCUT2D eigenvalue weighted by molar-refractivity contribution is 9.10. The van der Waals surface area contributed by atoms with Crippen LogP contribution in [0.4, 0.5) is 13.2 Å². The van der Waals surface area contributed by atoms with Crippen LogP contribution in [0.3, 0.4) is 0 Å². The van der Waals surface area contributed by atoms with E-state index in [1.807, 2.05) is 17.5 Å². The number of thiophene rings is 1.